The summed E-state index contributed by atoms with van der Waals surface area (Å²) in [6.45, 7) is 4.34. The van der Waals surface area contributed by atoms with E-state index in [-0.39, 0.29) is 24.6 Å². The highest BCUT2D eigenvalue weighted by atomic mass is 32.1. The lowest BCUT2D eigenvalue weighted by Gasteiger charge is -2.28. The van der Waals surface area contributed by atoms with Crippen LogP contribution in [0.5, 0.6) is 5.75 Å². The summed E-state index contributed by atoms with van der Waals surface area (Å²) < 4.78 is 8.04. The molecule has 2 aromatic heterocycles. The Morgan fingerprint density at radius 1 is 1.05 bits per heavy atom. The fraction of sp³-hybridized carbons (Fsp3) is 0.258. The Morgan fingerprint density at radius 3 is 2.49 bits per heavy atom. The Bertz CT molecular complexity index is 1480. The molecule has 2 aliphatic rings. The van der Waals surface area contributed by atoms with Crippen molar-refractivity contribution in [2.24, 2.45) is 0 Å². The van der Waals surface area contributed by atoms with Gasteiger partial charge in [0.15, 0.2) is 11.7 Å². The van der Waals surface area contributed by atoms with Gasteiger partial charge in [0, 0.05) is 35.0 Å². The van der Waals surface area contributed by atoms with Crippen LogP contribution in [0.2, 0.25) is 0 Å². The fourth-order valence-corrected chi connectivity index (χ4v) is 5.86. The van der Waals surface area contributed by atoms with Crippen LogP contribution >= 0.6 is 12.2 Å². The lowest BCUT2D eigenvalue weighted by molar-refractivity contribution is -0.118. The largest absolute Gasteiger partial charge is 0.484 e. The smallest absolute Gasteiger partial charge is 0.262 e. The number of aromatic nitrogens is 2. The van der Waals surface area contributed by atoms with Crippen LogP contribution in [0, 0.1) is 13.8 Å². The van der Waals surface area contributed by atoms with E-state index < -0.39 is 0 Å². The number of para-hydroxylation sites is 1. The number of benzene rings is 2. The van der Waals surface area contributed by atoms with E-state index in [0.29, 0.717) is 22.6 Å². The Balaban J connectivity index is 1.26. The summed E-state index contributed by atoms with van der Waals surface area (Å²) >= 11 is 5.90. The van der Waals surface area contributed by atoms with Gasteiger partial charge in [-0.15, -0.1) is 0 Å². The number of pyridine rings is 1. The normalized spacial score (nSPS) is 18.6. The Kier molecular flexibility index (Phi) is 6.79. The summed E-state index contributed by atoms with van der Waals surface area (Å²) in [4.78, 5) is 19.3. The number of carbonyl (C=O) groups excluding carboxylic acids is 1. The third-order valence-electron chi connectivity index (χ3n) is 7.39. The van der Waals surface area contributed by atoms with Crippen molar-refractivity contribution in [3.63, 3.8) is 0 Å². The van der Waals surface area contributed by atoms with Gasteiger partial charge in [-0.3, -0.25) is 9.78 Å². The molecule has 8 heteroatoms. The summed E-state index contributed by atoms with van der Waals surface area (Å²) in [5.74, 6) is 0.443. The van der Waals surface area contributed by atoms with Crippen molar-refractivity contribution in [1.82, 2.24) is 14.9 Å². The van der Waals surface area contributed by atoms with Crippen LogP contribution in [0.4, 0.5) is 11.4 Å². The Labute approximate surface area is 233 Å². The van der Waals surface area contributed by atoms with Crippen molar-refractivity contribution in [2.75, 3.05) is 16.8 Å². The van der Waals surface area contributed by atoms with Crippen molar-refractivity contribution in [3.05, 3.63) is 108 Å². The van der Waals surface area contributed by atoms with E-state index in [4.69, 9.17) is 17.0 Å². The third-order valence-corrected chi connectivity index (χ3v) is 7.71. The van der Waals surface area contributed by atoms with Crippen LogP contribution in [0.1, 0.15) is 53.6 Å². The summed E-state index contributed by atoms with van der Waals surface area (Å²) in [5, 5.41) is 7.11. The van der Waals surface area contributed by atoms with Gasteiger partial charge in [0.05, 0.1) is 17.8 Å². The van der Waals surface area contributed by atoms with E-state index in [9.17, 15) is 4.79 Å². The molecular weight excluding hydrogens is 506 g/mol. The minimum Gasteiger partial charge on any atom is -0.484 e. The van der Waals surface area contributed by atoms with Gasteiger partial charge in [-0.2, -0.15) is 0 Å². The minimum atomic E-state index is -0.217. The van der Waals surface area contributed by atoms with Gasteiger partial charge in [0.25, 0.3) is 5.91 Å². The first-order valence-corrected chi connectivity index (χ1v) is 13.7. The number of amides is 1. The molecule has 0 bridgehead atoms. The van der Waals surface area contributed by atoms with Crippen molar-refractivity contribution >= 4 is 34.6 Å². The number of thiocarbonyl (C=S) groups is 1. The van der Waals surface area contributed by atoms with Crippen LogP contribution in [0.15, 0.2) is 85.1 Å². The van der Waals surface area contributed by atoms with Crippen molar-refractivity contribution < 1.29 is 9.53 Å². The second kappa shape index (κ2) is 10.5. The molecule has 1 saturated carbocycles. The molecule has 4 aromatic rings. The minimum absolute atomic E-state index is 0.0592. The fourth-order valence-electron chi connectivity index (χ4n) is 5.51. The van der Waals surface area contributed by atoms with Gasteiger partial charge >= 0.3 is 0 Å². The molecule has 1 aliphatic heterocycles. The molecule has 1 amide bonds. The predicted molar refractivity (Wildman–Crippen MR) is 157 cm³/mol. The molecule has 1 saturated heterocycles. The zero-order valence-corrected chi connectivity index (χ0v) is 22.8. The average Bonchev–Trinajstić information content (AvgIpc) is 3.67. The van der Waals surface area contributed by atoms with Crippen LogP contribution in [0.25, 0.3) is 0 Å². The zero-order chi connectivity index (χ0) is 26.9. The number of aryl methyl sites for hydroxylation is 1. The second-order valence-electron chi connectivity index (χ2n) is 10.1. The number of hydrogen-bond donors (Lipinski definition) is 2. The molecule has 3 heterocycles. The topological polar surface area (TPSA) is 71.4 Å². The molecular formula is C31H31N5O2S. The van der Waals surface area contributed by atoms with Crippen molar-refractivity contribution in [2.45, 2.75) is 44.8 Å². The highest BCUT2D eigenvalue weighted by Crippen LogP contribution is 2.46. The molecule has 2 atom stereocenters. The van der Waals surface area contributed by atoms with Gasteiger partial charge in [-0.05, 0) is 99.1 Å². The van der Waals surface area contributed by atoms with E-state index in [1.165, 1.54) is 29.8 Å². The van der Waals surface area contributed by atoms with E-state index in [0.717, 1.165) is 11.4 Å². The van der Waals surface area contributed by atoms with Gasteiger partial charge < -0.3 is 24.8 Å². The number of hydrogen-bond acceptors (Lipinski definition) is 4. The highest BCUT2D eigenvalue weighted by Gasteiger charge is 2.43. The van der Waals surface area contributed by atoms with E-state index >= 15 is 0 Å². The number of rotatable bonds is 8. The maximum atomic E-state index is 12.5. The number of nitrogens with one attached hydrogen (secondary N) is 2. The zero-order valence-electron chi connectivity index (χ0n) is 22.0. The molecule has 0 radical (unpaired) electrons. The number of carbonyl (C=O) groups is 1. The predicted octanol–water partition coefficient (Wildman–Crippen LogP) is 6.03. The molecule has 2 N–H and O–H groups in total. The monoisotopic (exact) mass is 537 g/mol. The average molecular weight is 538 g/mol. The van der Waals surface area contributed by atoms with Gasteiger partial charge in [-0.25, -0.2) is 0 Å². The SMILES string of the molecule is Cc1cc([C@H]2[C@H](c3ccccn3)NC(=S)N2c2ccc(NC(=O)COc3ccccc3)cc2)c(C)n1C1CC1. The molecule has 0 spiro atoms. The molecule has 6 rings (SSSR count). The van der Waals surface area contributed by atoms with Crippen molar-refractivity contribution in [1.29, 1.82) is 0 Å². The second-order valence-corrected chi connectivity index (χ2v) is 10.5. The van der Waals surface area contributed by atoms with Gasteiger partial charge in [-0.1, -0.05) is 24.3 Å². The molecule has 198 valence electrons. The van der Waals surface area contributed by atoms with Crippen molar-refractivity contribution in [3.8, 4) is 5.75 Å². The standard InChI is InChI=1S/C31H31N5O2S/c1-20-18-26(21(2)35(20)23-15-16-23)30-29(27-10-6-7-17-32-27)34-31(39)36(30)24-13-11-22(12-14-24)33-28(37)19-38-25-8-4-3-5-9-25/h3-14,17-18,23,29-30H,15-16,19H2,1-2H3,(H,33,37)(H,34,39)/t29-,30-/m0/s1. The van der Waals surface area contributed by atoms with Crippen LogP contribution in [-0.4, -0.2) is 27.2 Å². The maximum Gasteiger partial charge on any atom is 0.262 e. The van der Waals surface area contributed by atoms with Crippen LogP contribution in [0.3, 0.4) is 0 Å². The maximum absolute atomic E-state index is 12.5. The first-order valence-electron chi connectivity index (χ1n) is 13.3. The van der Waals surface area contributed by atoms with Crippen LogP contribution in [-0.2, 0) is 4.79 Å². The molecule has 2 aromatic carbocycles. The lowest BCUT2D eigenvalue weighted by atomic mass is 9.96. The molecule has 7 nitrogen and oxygen atoms in total. The molecule has 0 unspecified atom stereocenters. The first kappa shape index (κ1) is 25.1. The Hall–Kier alpha value is -4.17. The number of nitrogens with zero attached hydrogens (tertiary/aromatic N) is 3. The van der Waals surface area contributed by atoms with E-state index in [2.05, 4.69) is 45.0 Å². The van der Waals surface area contributed by atoms with E-state index in [1.807, 2.05) is 79.0 Å². The van der Waals surface area contributed by atoms with Gasteiger partial charge in [0.2, 0.25) is 0 Å². The van der Waals surface area contributed by atoms with Crippen LogP contribution < -0.4 is 20.3 Å². The third kappa shape index (κ3) is 5.12. The lowest BCUT2D eigenvalue weighted by Crippen LogP contribution is -2.29. The number of ether oxygens (including phenoxy) is 1. The summed E-state index contributed by atoms with van der Waals surface area (Å²) in [5.41, 5.74) is 6.40. The summed E-state index contributed by atoms with van der Waals surface area (Å²) in [6, 6.07) is 25.8. The van der Waals surface area contributed by atoms with Gasteiger partial charge in [0.1, 0.15) is 5.75 Å². The highest BCUT2D eigenvalue weighted by molar-refractivity contribution is 7.80. The number of anilines is 2. The quantitative estimate of drug-likeness (QED) is 0.268. The first-order chi connectivity index (χ1) is 19.0. The van der Waals surface area contributed by atoms with E-state index in [1.54, 1.807) is 0 Å². The molecule has 2 fully saturated rings. The molecule has 39 heavy (non-hydrogen) atoms. The molecule has 1 aliphatic carbocycles. The summed E-state index contributed by atoms with van der Waals surface area (Å²) in [7, 11) is 0. The summed E-state index contributed by atoms with van der Waals surface area (Å²) in [6.07, 6.45) is 4.29. The Morgan fingerprint density at radius 2 is 1.79 bits per heavy atom.